The Morgan fingerprint density at radius 1 is 0.940 bits per heavy atom. The van der Waals surface area contributed by atoms with E-state index in [1.807, 2.05) is 81.4 Å². The molecule has 12 heteroatoms. The molecule has 1 saturated heterocycles. The highest BCUT2D eigenvalue weighted by Gasteiger charge is 2.50. The third-order valence-corrected chi connectivity index (χ3v) is 10.3. The van der Waals surface area contributed by atoms with Crippen LogP contribution in [0.2, 0.25) is 0 Å². The quantitative estimate of drug-likeness (QED) is 0.175. The summed E-state index contributed by atoms with van der Waals surface area (Å²) in [5.74, 6) is -2.31. The number of amides is 4. The minimum atomic E-state index is -1.69. The van der Waals surface area contributed by atoms with Crippen LogP contribution in [0, 0.1) is 12.8 Å². The summed E-state index contributed by atoms with van der Waals surface area (Å²) < 4.78 is -0.637. The van der Waals surface area contributed by atoms with Gasteiger partial charge in [-0.25, -0.2) is 4.98 Å². The largest absolute Gasteiger partial charge is 0.381 e. The lowest BCUT2D eigenvalue weighted by atomic mass is 9.96. The number of carbonyl (C=O) groups excluding carboxylic acids is 4. The van der Waals surface area contributed by atoms with Crippen molar-refractivity contribution in [2.24, 2.45) is 5.92 Å². The fraction of sp³-hybridized carbons (Fsp3) is 0.368. The van der Waals surface area contributed by atoms with Gasteiger partial charge in [-0.2, -0.15) is 0 Å². The second-order valence-corrected chi connectivity index (χ2v) is 15.0. The molecule has 0 unspecified atom stereocenters. The van der Waals surface area contributed by atoms with Crippen LogP contribution in [0.1, 0.15) is 54.9 Å². The predicted molar refractivity (Wildman–Crippen MR) is 194 cm³/mol. The Labute approximate surface area is 296 Å². The van der Waals surface area contributed by atoms with E-state index in [0.29, 0.717) is 17.6 Å². The third kappa shape index (κ3) is 8.48. The first-order valence-corrected chi connectivity index (χ1v) is 17.7. The fourth-order valence-electron chi connectivity index (χ4n) is 6.04. The van der Waals surface area contributed by atoms with E-state index in [2.05, 4.69) is 25.9 Å². The van der Waals surface area contributed by atoms with Crippen molar-refractivity contribution in [3.63, 3.8) is 0 Å². The summed E-state index contributed by atoms with van der Waals surface area (Å²) >= 11 is 1.45. The topological polar surface area (TPSA) is 154 Å². The van der Waals surface area contributed by atoms with Crippen LogP contribution in [-0.2, 0) is 27.3 Å². The first-order valence-electron chi connectivity index (χ1n) is 16.7. The molecule has 1 aromatic heterocycles. The smallest absolute Gasteiger partial charge is 0.272 e. The number of rotatable bonds is 12. The minimum absolute atomic E-state index is 0.0547. The summed E-state index contributed by atoms with van der Waals surface area (Å²) in [4.78, 5) is 65.0. The van der Waals surface area contributed by atoms with Gasteiger partial charge in [0.15, 0.2) is 6.10 Å². The van der Waals surface area contributed by atoms with Gasteiger partial charge in [0.05, 0.1) is 29.1 Å². The third-order valence-electron chi connectivity index (χ3n) is 8.97. The van der Waals surface area contributed by atoms with Crippen LogP contribution in [0.4, 0.5) is 0 Å². The SMILES string of the molecule is Cc1ccccc1CNC(=O)[C@H]1N(C(=O)[C@@H](O)[C@H](Cc2ccccc2)NC(=O)[C@@H](NC(=O)c2cnc3ccccc3n2)C(C)C)CSC1(C)C. The van der Waals surface area contributed by atoms with Gasteiger partial charge in [-0.15, -0.1) is 11.8 Å². The van der Waals surface area contributed by atoms with Crippen LogP contribution < -0.4 is 16.0 Å². The summed E-state index contributed by atoms with van der Waals surface area (Å²) in [5, 5.41) is 20.3. The lowest BCUT2D eigenvalue weighted by Crippen LogP contribution is -2.60. The van der Waals surface area contributed by atoms with E-state index in [1.165, 1.54) is 22.9 Å². The molecule has 0 bridgehead atoms. The van der Waals surface area contributed by atoms with Gasteiger partial charge in [0.25, 0.3) is 11.8 Å². The van der Waals surface area contributed by atoms with Gasteiger partial charge >= 0.3 is 0 Å². The minimum Gasteiger partial charge on any atom is -0.381 e. The highest BCUT2D eigenvalue weighted by atomic mass is 32.2. The number of nitrogens with zero attached hydrogens (tertiary/aromatic N) is 3. The molecule has 3 aromatic carbocycles. The lowest BCUT2D eigenvalue weighted by molar-refractivity contribution is -0.148. The van der Waals surface area contributed by atoms with Crippen molar-refractivity contribution in [2.75, 3.05) is 5.88 Å². The molecular weight excluding hydrogens is 653 g/mol. The van der Waals surface area contributed by atoms with Crippen LogP contribution in [0.5, 0.6) is 0 Å². The molecule has 4 N–H and O–H groups in total. The molecule has 262 valence electrons. The maximum atomic E-state index is 14.1. The van der Waals surface area contributed by atoms with E-state index in [1.54, 1.807) is 32.0 Å². The summed E-state index contributed by atoms with van der Waals surface area (Å²) in [6, 6.07) is 21.1. The molecule has 0 radical (unpaired) electrons. The van der Waals surface area contributed by atoms with Crippen LogP contribution in [-0.4, -0.2) is 78.5 Å². The molecule has 1 aliphatic rings. The van der Waals surface area contributed by atoms with Gasteiger partial charge in [-0.3, -0.25) is 24.2 Å². The van der Waals surface area contributed by atoms with Crippen molar-refractivity contribution in [2.45, 2.75) is 76.6 Å². The first-order chi connectivity index (χ1) is 23.9. The molecular formula is C38H44N6O5S. The van der Waals surface area contributed by atoms with Crippen molar-refractivity contribution in [3.8, 4) is 0 Å². The number of para-hydroxylation sites is 2. The van der Waals surface area contributed by atoms with E-state index < -0.39 is 46.7 Å². The Hall–Kier alpha value is -4.81. The second kappa shape index (κ2) is 15.8. The number of hydrogen-bond donors (Lipinski definition) is 4. The normalized spacial score (nSPS) is 17.2. The van der Waals surface area contributed by atoms with Gasteiger partial charge < -0.3 is 26.0 Å². The Morgan fingerprint density at radius 3 is 2.30 bits per heavy atom. The van der Waals surface area contributed by atoms with E-state index in [0.717, 1.165) is 16.7 Å². The number of aryl methyl sites for hydroxylation is 1. The van der Waals surface area contributed by atoms with E-state index in [4.69, 9.17) is 0 Å². The van der Waals surface area contributed by atoms with Gasteiger partial charge in [-0.1, -0.05) is 80.6 Å². The molecule has 0 saturated carbocycles. The number of aliphatic hydroxyl groups excluding tert-OH is 1. The number of carbonyl (C=O) groups is 4. The summed E-state index contributed by atoms with van der Waals surface area (Å²) in [7, 11) is 0. The highest BCUT2D eigenvalue weighted by Crippen LogP contribution is 2.40. The molecule has 4 atom stereocenters. The number of hydrogen-bond acceptors (Lipinski definition) is 8. The number of aromatic nitrogens is 2. The van der Waals surface area contributed by atoms with Gasteiger partial charge in [0.1, 0.15) is 17.8 Å². The summed E-state index contributed by atoms with van der Waals surface area (Å²) in [5.41, 5.74) is 4.02. The highest BCUT2D eigenvalue weighted by molar-refractivity contribution is 8.00. The molecule has 0 spiro atoms. The average Bonchev–Trinajstić information content (AvgIpc) is 3.43. The maximum absolute atomic E-state index is 14.1. The number of thioether (sulfide) groups is 1. The Balaban J connectivity index is 1.34. The number of fused-ring (bicyclic) bond motifs is 1. The van der Waals surface area contributed by atoms with Crippen molar-refractivity contribution < 1.29 is 24.3 Å². The Bertz CT molecular complexity index is 1850. The Kier molecular flexibility index (Phi) is 11.5. The number of aliphatic hydroxyl groups is 1. The molecule has 1 fully saturated rings. The standard InChI is InChI=1S/C38H44N6O5S/c1-23(2)31(43-34(46)30-21-39-27-17-11-12-18-28(27)41-30)35(47)42-29(19-25-14-7-6-8-15-25)32(45)37(49)44-22-50-38(4,5)33(44)36(48)40-20-26-16-10-9-13-24(26)3/h6-18,21,23,29,31-33,45H,19-20,22H2,1-5H3,(H,40,48)(H,42,47)(H,43,46)/t29-,31-,32-,33+/m0/s1. The first kappa shape index (κ1) is 36.5. The summed E-state index contributed by atoms with van der Waals surface area (Å²) in [6.45, 7) is 9.63. The van der Waals surface area contributed by atoms with E-state index in [-0.39, 0.29) is 29.8 Å². The molecule has 2 heterocycles. The molecule has 11 nitrogen and oxygen atoms in total. The molecule has 0 aliphatic carbocycles. The van der Waals surface area contributed by atoms with Gasteiger partial charge in [-0.05, 0) is 61.9 Å². The van der Waals surface area contributed by atoms with Crippen molar-refractivity contribution in [1.29, 1.82) is 0 Å². The van der Waals surface area contributed by atoms with E-state index >= 15 is 0 Å². The van der Waals surface area contributed by atoms with Crippen LogP contribution in [0.3, 0.4) is 0 Å². The Morgan fingerprint density at radius 2 is 1.60 bits per heavy atom. The zero-order valence-electron chi connectivity index (χ0n) is 28.9. The predicted octanol–water partition coefficient (Wildman–Crippen LogP) is 3.78. The lowest BCUT2D eigenvalue weighted by Gasteiger charge is -2.34. The van der Waals surface area contributed by atoms with Crippen LogP contribution in [0.15, 0.2) is 85.1 Å². The second-order valence-electron chi connectivity index (χ2n) is 13.4. The van der Waals surface area contributed by atoms with Gasteiger partial charge in [0, 0.05) is 11.3 Å². The molecule has 5 rings (SSSR count). The zero-order valence-corrected chi connectivity index (χ0v) is 29.7. The molecule has 1 aliphatic heterocycles. The van der Waals surface area contributed by atoms with Crippen LogP contribution >= 0.6 is 11.8 Å². The van der Waals surface area contributed by atoms with Crippen molar-refractivity contribution in [3.05, 3.63) is 107 Å². The van der Waals surface area contributed by atoms with Crippen LogP contribution in [0.25, 0.3) is 11.0 Å². The van der Waals surface area contributed by atoms with Gasteiger partial charge in [0.2, 0.25) is 11.8 Å². The zero-order chi connectivity index (χ0) is 36.0. The van der Waals surface area contributed by atoms with Crippen molar-refractivity contribution in [1.82, 2.24) is 30.8 Å². The fourth-order valence-corrected chi connectivity index (χ4v) is 7.18. The monoisotopic (exact) mass is 696 g/mol. The average molecular weight is 697 g/mol. The molecule has 4 aromatic rings. The molecule has 50 heavy (non-hydrogen) atoms. The van der Waals surface area contributed by atoms with Crippen molar-refractivity contribution >= 4 is 46.4 Å². The summed E-state index contributed by atoms with van der Waals surface area (Å²) in [6.07, 6.45) is -0.199. The number of benzene rings is 3. The molecule has 4 amide bonds. The van der Waals surface area contributed by atoms with E-state index in [9.17, 15) is 24.3 Å². The number of nitrogens with one attached hydrogen (secondary N) is 3. The maximum Gasteiger partial charge on any atom is 0.272 e.